The van der Waals surface area contributed by atoms with Crippen LogP contribution in [0.3, 0.4) is 0 Å². The molecule has 2 aromatic rings. The molecule has 2 aromatic carbocycles. The van der Waals surface area contributed by atoms with Crippen LogP contribution in [0, 0.1) is 0 Å². The second kappa shape index (κ2) is 7.85. The fraction of sp³-hybridized carbons (Fsp3) is 0.316. The smallest absolute Gasteiger partial charge is 0.319 e. The van der Waals surface area contributed by atoms with E-state index < -0.39 is 12.1 Å². The van der Waals surface area contributed by atoms with Crippen molar-refractivity contribution in [3.05, 3.63) is 52.5 Å². The van der Waals surface area contributed by atoms with Gasteiger partial charge in [0, 0.05) is 30.8 Å². The summed E-state index contributed by atoms with van der Waals surface area (Å²) in [6.45, 7) is 1.08. The molecule has 7 heteroatoms. The Morgan fingerprint density at radius 2 is 2.15 bits per heavy atom. The highest BCUT2D eigenvalue weighted by molar-refractivity contribution is 6.31. The molecule has 1 aliphatic rings. The van der Waals surface area contributed by atoms with Crippen LogP contribution >= 0.6 is 11.6 Å². The molecule has 3 N–H and O–H groups in total. The van der Waals surface area contributed by atoms with Crippen LogP contribution in [0.25, 0.3) is 0 Å². The topological polar surface area (TPSA) is 73.8 Å². The number of nitrogens with zero attached hydrogens (tertiary/aromatic N) is 1. The Hall–Kier alpha value is -2.44. The number of aliphatic hydroxyl groups excluding tert-OH is 1. The third-order valence-electron chi connectivity index (χ3n) is 4.48. The lowest BCUT2D eigenvalue weighted by Gasteiger charge is -2.16. The van der Waals surface area contributed by atoms with Crippen molar-refractivity contribution in [3.8, 4) is 5.75 Å². The number of urea groups is 1. The molecule has 1 atom stereocenters. The molecule has 0 saturated carbocycles. The van der Waals surface area contributed by atoms with Gasteiger partial charge in [-0.1, -0.05) is 23.7 Å². The number of ether oxygens (including phenoxy) is 1. The van der Waals surface area contributed by atoms with Crippen LogP contribution in [0.15, 0.2) is 36.4 Å². The maximum absolute atomic E-state index is 12.1. The zero-order chi connectivity index (χ0) is 18.7. The van der Waals surface area contributed by atoms with E-state index in [2.05, 4.69) is 22.6 Å². The van der Waals surface area contributed by atoms with Gasteiger partial charge in [-0.3, -0.25) is 0 Å². The van der Waals surface area contributed by atoms with Crippen LogP contribution in [0.4, 0.5) is 16.2 Å². The van der Waals surface area contributed by atoms with Crippen molar-refractivity contribution in [3.63, 3.8) is 0 Å². The summed E-state index contributed by atoms with van der Waals surface area (Å²) < 4.78 is 5.19. The van der Waals surface area contributed by atoms with E-state index in [1.165, 1.54) is 18.4 Å². The monoisotopic (exact) mass is 375 g/mol. The van der Waals surface area contributed by atoms with E-state index in [0.717, 1.165) is 18.5 Å². The molecule has 138 valence electrons. The largest absolute Gasteiger partial charge is 0.495 e. The highest BCUT2D eigenvalue weighted by atomic mass is 35.5. The van der Waals surface area contributed by atoms with Gasteiger partial charge in [0.1, 0.15) is 5.75 Å². The lowest BCUT2D eigenvalue weighted by molar-refractivity contribution is 0.175. The first-order valence-electron chi connectivity index (χ1n) is 8.38. The Morgan fingerprint density at radius 1 is 1.35 bits per heavy atom. The van der Waals surface area contributed by atoms with Crippen LogP contribution in [0.5, 0.6) is 5.75 Å². The molecule has 1 unspecified atom stereocenters. The molecular weight excluding hydrogens is 354 g/mol. The summed E-state index contributed by atoms with van der Waals surface area (Å²) in [5.74, 6) is 0.507. The van der Waals surface area contributed by atoms with Crippen molar-refractivity contribution < 1.29 is 14.6 Å². The number of hydrogen-bond acceptors (Lipinski definition) is 4. The average Bonchev–Trinajstić information content (AvgIpc) is 3.00. The number of hydrogen-bond donors (Lipinski definition) is 3. The lowest BCUT2D eigenvalue weighted by Crippen LogP contribution is -2.32. The van der Waals surface area contributed by atoms with E-state index >= 15 is 0 Å². The normalized spacial score (nSPS) is 13.9. The fourth-order valence-corrected chi connectivity index (χ4v) is 3.22. The van der Waals surface area contributed by atoms with Crippen LogP contribution in [-0.4, -0.2) is 38.4 Å². The maximum atomic E-state index is 12.1. The van der Waals surface area contributed by atoms with Crippen molar-refractivity contribution in [2.45, 2.75) is 12.5 Å². The average molecular weight is 376 g/mol. The molecule has 3 rings (SSSR count). The number of halogens is 1. The summed E-state index contributed by atoms with van der Waals surface area (Å²) in [5, 5.41) is 16.2. The van der Waals surface area contributed by atoms with Crippen LogP contribution in [0.2, 0.25) is 5.02 Å². The predicted octanol–water partition coefficient (Wildman–Crippen LogP) is 3.20. The van der Waals surface area contributed by atoms with Gasteiger partial charge in [0.15, 0.2) is 0 Å². The second-order valence-corrected chi connectivity index (χ2v) is 6.69. The summed E-state index contributed by atoms with van der Waals surface area (Å²) >= 11 is 5.95. The lowest BCUT2D eigenvalue weighted by atomic mass is 10.0. The molecule has 1 aliphatic heterocycles. The Balaban J connectivity index is 1.59. The summed E-state index contributed by atoms with van der Waals surface area (Å²) in [7, 11) is 3.57. The summed E-state index contributed by atoms with van der Waals surface area (Å²) in [5.41, 5.74) is 3.67. The van der Waals surface area contributed by atoms with Gasteiger partial charge in [-0.05, 0) is 41.8 Å². The number of anilines is 2. The molecule has 0 aromatic heterocycles. The quantitative estimate of drug-likeness (QED) is 0.750. The molecular formula is C19H22ClN3O3. The Bertz CT molecular complexity index is 813. The highest BCUT2D eigenvalue weighted by Gasteiger charge is 2.18. The van der Waals surface area contributed by atoms with E-state index in [1.54, 1.807) is 18.2 Å². The van der Waals surface area contributed by atoms with Gasteiger partial charge in [-0.25, -0.2) is 4.79 Å². The number of methoxy groups -OCH3 is 1. The SMILES string of the molecule is COc1ccc(Cl)cc1NC(=O)NCC(O)c1ccc2c(c1)CCN2C. The molecule has 1 heterocycles. The molecule has 2 amide bonds. The number of carbonyl (C=O) groups excluding carboxylic acids is 1. The first-order chi connectivity index (χ1) is 12.5. The van der Waals surface area contributed by atoms with Crippen LogP contribution in [-0.2, 0) is 6.42 Å². The number of rotatable bonds is 5. The number of benzene rings is 2. The molecule has 26 heavy (non-hydrogen) atoms. The molecule has 0 aliphatic carbocycles. The predicted molar refractivity (Wildman–Crippen MR) is 103 cm³/mol. The molecule has 0 saturated heterocycles. The number of amides is 2. The van der Waals surface area contributed by atoms with Gasteiger partial charge < -0.3 is 25.4 Å². The van der Waals surface area contributed by atoms with Crippen molar-refractivity contribution in [2.75, 3.05) is 37.5 Å². The minimum absolute atomic E-state index is 0.101. The van der Waals surface area contributed by atoms with Gasteiger partial charge in [0.2, 0.25) is 0 Å². The van der Waals surface area contributed by atoms with E-state index in [4.69, 9.17) is 16.3 Å². The fourth-order valence-electron chi connectivity index (χ4n) is 3.05. The number of aliphatic hydroxyl groups is 1. The van der Waals surface area contributed by atoms with Crippen molar-refractivity contribution in [1.82, 2.24) is 5.32 Å². The first kappa shape index (κ1) is 18.4. The van der Waals surface area contributed by atoms with Crippen LogP contribution < -0.4 is 20.3 Å². The molecule has 0 spiro atoms. The van der Waals surface area contributed by atoms with E-state index in [-0.39, 0.29) is 6.54 Å². The van der Waals surface area contributed by atoms with Crippen molar-refractivity contribution in [2.24, 2.45) is 0 Å². The molecule has 0 bridgehead atoms. The maximum Gasteiger partial charge on any atom is 0.319 e. The zero-order valence-electron chi connectivity index (χ0n) is 14.8. The van der Waals surface area contributed by atoms with Crippen molar-refractivity contribution >= 4 is 29.0 Å². The standard InChI is InChI=1S/C19H22ClN3O3/c1-23-8-7-12-9-13(3-5-16(12)23)17(24)11-21-19(25)22-15-10-14(20)4-6-18(15)26-2/h3-6,9-10,17,24H,7-8,11H2,1-2H3,(H2,21,22,25). The van der Waals surface area contributed by atoms with E-state index in [1.807, 2.05) is 18.2 Å². The first-order valence-corrected chi connectivity index (χ1v) is 8.76. The minimum Gasteiger partial charge on any atom is -0.495 e. The van der Waals surface area contributed by atoms with Crippen molar-refractivity contribution in [1.29, 1.82) is 0 Å². The van der Waals surface area contributed by atoms with E-state index in [0.29, 0.717) is 16.5 Å². The van der Waals surface area contributed by atoms with Crippen LogP contribution in [0.1, 0.15) is 17.2 Å². The Labute approximate surface area is 157 Å². The number of likely N-dealkylation sites (N-methyl/N-ethyl adjacent to an activating group) is 1. The zero-order valence-corrected chi connectivity index (χ0v) is 15.5. The van der Waals surface area contributed by atoms with Gasteiger partial charge in [-0.2, -0.15) is 0 Å². The van der Waals surface area contributed by atoms with Gasteiger partial charge >= 0.3 is 6.03 Å². The number of carbonyl (C=O) groups is 1. The Kier molecular flexibility index (Phi) is 5.54. The summed E-state index contributed by atoms with van der Waals surface area (Å²) in [6, 6.07) is 10.4. The molecule has 0 radical (unpaired) electrons. The number of nitrogens with one attached hydrogen (secondary N) is 2. The molecule has 0 fully saturated rings. The number of fused-ring (bicyclic) bond motifs is 1. The van der Waals surface area contributed by atoms with E-state index in [9.17, 15) is 9.90 Å². The summed E-state index contributed by atoms with van der Waals surface area (Å²) in [6.07, 6.45) is 0.188. The second-order valence-electron chi connectivity index (χ2n) is 6.26. The van der Waals surface area contributed by atoms with Gasteiger partial charge in [0.05, 0.1) is 18.9 Å². The Morgan fingerprint density at radius 3 is 2.92 bits per heavy atom. The third kappa shape index (κ3) is 4.03. The minimum atomic E-state index is -0.779. The third-order valence-corrected chi connectivity index (χ3v) is 4.72. The van der Waals surface area contributed by atoms with Gasteiger partial charge in [0.25, 0.3) is 0 Å². The van der Waals surface area contributed by atoms with Gasteiger partial charge in [-0.15, -0.1) is 0 Å². The molecule has 6 nitrogen and oxygen atoms in total. The highest BCUT2D eigenvalue weighted by Crippen LogP contribution is 2.29. The summed E-state index contributed by atoms with van der Waals surface area (Å²) in [4.78, 5) is 14.3.